The van der Waals surface area contributed by atoms with Gasteiger partial charge in [-0.05, 0) is 50.1 Å². The van der Waals surface area contributed by atoms with Crippen LogP contribution < -0.4 is 4.74 Å². The van der Waals surface area contributed by atoms with Gasteiger partial charge in [0.2, 0.25) is 0 Å². The van der Waals surface area contributed by atoms with Crippen LogP contribution in [0.25, 0.3) is 22.6 Å². The number of furan rings is 1. The number of hydrogen-bond acceptors (Lipinski definition) is 5. The first-order chi connectivity index (χ1) is 13.1. The molecule has 0 unspecified atom stereocenters. The molecule has 0 bridgehead atoms. The average molecular weight is 387 g/mol. The van der Waals surface area contributed by atoms with Gasteiger partial charge >= 0.3 is 0 Å². The van der Waals surface area contributed by atoms with E-state index in [0.29, 0.717) is 10.9 Å². The summed E-state index contributed by atoms with van der Waals surface area (Å²) in [6.07, 6.45) is 5.22. The van der Waals surface area contributed by atoms with Crippen molar-refractivity contribution in [3.63, 3.8) is 0 Å². The molecule has 0 amide bonds. The zero-order valence-electron chi connectivity index (χ0n) is 15.8. The monoisotopic (exact) mass is 386 g/mol. The Morgan fingerprint density at radius 3 is 2.56 bits per heavy atom. The van der Waals surface area contributed by atoms with E-state index in [-0.39, 0.29) is 5.89 Å². The molecule has 2 heterocycles. The maximum Gasteiger partial charge on any atom is 0.259 e. The molecular formula is C21H23ClN2O3. The van der Waals surface area contributed by atoms with Crippen molar-refractivity contribution in [1.29, 1.82) is 0 Å². The van der Waals surface area contributed by atoms with Gasteiger partial charge in [-0.3, -0.25) is 0 Å². The summed E-state index contributed by atoms with van der Waals surface area (Å²) in [4.78, 5) is 0. The van der Waals surface area contributed by atoms with Gasteiger partial charge < -0.3 is 13.6 Å². The van der Waals surface area contributed by atoms with Crippen molar-refractivity contribution in [2.24, 2.45) is 0 Å². The second-order valence-electron chi connectivity index (χ2n) is 6.36. The number of benzene rings is 1. The Hall–Kier alpha value is -2.53. The predicted molar refractivity (Wildman–Crippen MR) is 107 cm³/mol. The van der Waals surface area contributed by atoms with Crippen LogP contribution in [0.1, 0.15) is 49.2 Å². The SMILES string of the molecule is CCCCCOc1ccc(/C=C(\Cl)c2nnc(-c3cc(C)oc3C)o2)cc1. The summed E-state index contributed by atoms with van der Waals surface area (Å²) in [5.74, 6) is 3.04. The van der Waals surface area contributed by atoms with Crippen LogP contribution >= 0.6 is 11.6 Å². The number of aryl methyl sites for hydroxylation is 2. The lowest BCUT2D eigenvalue weighted by molar-refractivity contribution is 0.306. The van der Waals surface area contributed by atoms with E-state index in [1.807, 2.05) is 44.2 Å². The minimum absolute atomic E-state index is 0.268. The molecule has 0 atom stereocenters. The van der Waals surface area contributed by atoms with Gasteiger partial charge in [-0.2, -0.15) is 0 Å². The van der Waals surface area contributed by atoms with Crippen LogP contribution in [0.15, 0.2) is 39.2 Å². The van der Waals surface area contributed by atoms with E-state index in [9.17, 15) is 0 Å². The van der Waals surface area contributed by atoms with Crippen LogP contribution in [0.5, 0.6) is 5.75 Å². The molecule has 5 nitrogen and oxygen atoms in total. The molecule has 3 rings (SSSR count). The zero-order valence-corrected chi connectivity index (χ0v) is 16.5. The standard InChI is InChI=1S/C21H23ClN2O3/c1-4-5-6-11-25-17-9-7-16(8-10-17)13-19(22)21-24-23-20(27-21)18-12-14(2)26-15(18)3/h7-10,12-13H,4-6,11H2,1-3H3/b19-13-. The summed E-state index contributed by atoms with van der Waals surface area (Å²) in [5.41, 5.74) is 1.70. The summed E-state index contributed by atoms with van der Waals surface area (Å²) in [7, 11) is 0. The molecule has 0 aliphatic heterocycles. The minimum atomic E-state index is 0.268. The van der Waals surface area contributed by atoms with Crippen LogP contribution in [-0.2, 0) is 0 Å². The van der Waals surface area contributed by atoms with E-state index in [2.05, 4.69) is 17.1 Å². The molecule has 142 valence electrons. The van der Waals surface area contributed by atoms with E-state index in [1.165, 1.54) is 12.8 Å². The molecule has 0 aliphatic carbocycles. The highest BCUT2D eigenvalue weighted by Crippen LogP contribution is 2.29. The minimum Gasteiger partial charge on any atom is -0.494 e. The molecule has 0 fully saturated rings. The third-order valence-corrected chi connectivity index (χ3v) is 4.36. The van der Waals surface area contributed by atoms with Gasteiger partial charge in [0.25, 0.3) is 11.8 Å². The maximum absolute atomic E-state index is 6.35. The topological polar surface area (TPSA) is 61.3 Å². The second kappa shape index (κ2) is 8.91. The molecule has 6 heteroatoms. The van der Waals surface area contributed by atoms with E-state index < -0.39 is 0 Å². The molecular weight excluding hydrogens is 364 g/mol. The lowest BCUT2D eigenvalue weighted by Gasteiger charge is -2.05. The van der Waals surface area contributed by atoms with Gasteiger partial charge in [0.1, 0.15) is 22.3 Å². The summed E-state index contributed by atoms with van der Waals surface area (Å²) in [5, 5.41) is 8.47. The molecule has 27 heavy (non-hydrogen) atoms. The third-order valence-electron chi connectivity index (χ3n) is 4.09. The van der Waals surface area contributed by atoms with Crippen LogP contribution in [0.2, 0.25) is 0 Å². The van der Waals surface area contributed by atoms with Gasteiger partial charge in [0.05, 0.1) is 12.2 Å². The zero-order chi connectivity index (χ0) is 19.2. The Labute approximate surface area is 164 Å². The fourth-order valence-electron chi connectivity index (χ4n) is 2.68. The smallest absolute Gasteiger partial charge is 0.259 e. The van der Waals surface area contributed by atoms with Crippen LogP contribution in [0.4, 0.5) is 0 Å². The summed E-state index contributed by atoms with van der Waals surface area (Å²) >= 11 is 6.35. The Morgan fingerprint density at radius 1 is 1.11 bits per heavy atom. The summed E-state index contributed by atoms with van der Waals surface area (Å²) in [6.45, 7) is 6.64. The highest BCUT2D eigenvalue weighted by molar-refractivity contribution is 6.50. The fraction of sp³-hybridized carbons (Fsp3) is 0.333. The summed E-state index contributed by atoms with van der Waals surface area (Å²) < 4.78 is 16.9. The number of halogens is 1. The Kier molecular flexibility index (Phi) is 6.35. The third kappa shape index (κ3) is 5.01. The largest absolute Gasteiger partial charge is 0.494 e. The number of unbranched alkanes of at least 4 members (excludes halogenated alkanes) is 2. The molecule has 3 aromatic rings. The van der Waals surface area contributed by atoms with Gasteiger partial charge in [0, 0.05) is 0 Å². The average Bonchev–Trinajstić information content (AvgIpc) is 3.26. The Balaban J connectivity index is 1.68. The van der Waals surface area contributed by atoms with Gasteiger partial charge in [-0.1, -0.05) is 43.5 Å². The number of rotatable bonds is 8. The van der Waals surface area contributed by atoms with Crippen molar-refractivity contribution < 1.29 is 13.6 Å². The molecule has 0 radical (unpaired) electrons. The van der Waals surface area contributed by atoms with Crippen molar-refractivity contribution in [1.82, 2.24) is 10.2 Å². The lowest BCUT2D eigenvalue weighted by atomic mass is 10.2. The Bertz CT molecular complexity index is 910. The molecule has 0 N–H and O–H groups in total. The van der Waals surface area contributed by atoms with Crippen LogP contribution in [-0.4, -0.2) is 16.8 Å². The predicted octanol–water partition coefficient (Wildman–Crippen LogP) is 6.25. The molecule has 0 aliphatic rings. The normalized spacial score (nSPS) is 11.8. The first-order valence-electron chi connectivity index (χ1n) is 9.08. The van der Waals surface area contributed by atoms with Gasteiger partial charge in [-0.25, -0.2) is 0 Å². The van der Waals surface area contributed by atoms with E-state index >= 15 is 0 Å². The van der Waals surface area contributed by atoms with E-state index in [0.717, 1.165) is 41.4 Å². The second-order valence-corrected chi connectivity index (χ2v) is 6.76. The van der Waals surface area contributed by atoms with Crippen LogP contribution in [0, 0.1) is 13.8 Å². The van der Waals surface area contributed by atoms with Crippen molar-refractivity contribution >= 4 is 22.7 Å². The van der Waals surface area contributed by atoms with Crippen molar-refractivity contribution in [2.75, 3.05) is 6.61 Å². The first kappa shape index (κ1) is 19.2. The lowest BCUT2D eigenvalue weighted by Crippen LogP contribution is -1.96. The van der Waals surface area contributed by atoms with Gasteiger partial charge in [0.15, 0.2) is 0 Å². The van der Waals surface area contributed by atoms with Gasteiger partial charge in [-0.15, -0.1) is 10.2 Å². The highest BCUT2D eigenvalue weighted by Gasteiger charge is 2.16. The van der Waals surface area contributed by atoms with Crippen molar-refractivity contribution in [3.05, 3.63) is 53.3 Å². The van der Waals surface area contributed by atoms with Crippen molar-refractivity contribution in [2.45, 2.75) is 40.0 Å². The fourth-order valence-corrected chi connectivity index (χ4v) is 2.88. The first-order valence-corrected chi connectivity index (χ1v) is 9.46. The molecule has 1 aromatic carbocycles. The summed E-state index contributed by atoms with van der Waals surface area (Å²) in [6, 6.07) is 9.61. The molecule has 0 spiro atoms. The number of aromatic nitrogens is 2. The highest BCUT2D eigenvalue weighted by atomic mass is 35.5. The quantitative estimate of drug-likeness (QED) is 0.428. The molecule has 0 saturated carbocycles. The molecule has 0 saturated heterocycles. The van der Waals surface area contributed by atoms with E-state index in [1.54, 1.807) is 6.08 Å². The molecule has 2 aromatic heterocycles. The number of nitrogens with zero attached hydrogens (tertiary/aromatic N) is 2. The van der Waals surface area contributed by atoms with E-state index in [4.69, 9.17) is 25.2 Å². The number of ether oxygens (including phenoxy) is 1. The Morgan fingerprint density at radius 2 is 1.89 bits per heavy atom. The number of hydrogen-bond donors (Lipinski definition) is 0. The maximum atomic E-state index is 6.35. The van der Waals surface area contributed by atoms with Crippen molar-refractivity contribution in [3.8, 4) is 17.2 Å². The van der Waals surface area contributed by atoms with Crippen LogP contribution in [0.3, 0.4) is 0 Å².